The average molecular weight is 488 g/mol. The SMILES string of the molecule is O=C1CC[C@@](CCC(=O)N2CCCN(Cc3ccccc3F)CC2)(Cc2cccc3ccccc23)N1. The Hall–Kier alpha value is -3.25. The Morgan fingerprint density at radius 3 is 2.53 bits per heavy atom. The van der Waals surface area contributed by atoms with Gasteiger partial charge in [-0.2, -0.15) is 0 Å². The van der Waals surface area contributed by atoms with E-state index in [0.29, 0.717) is 37.9 Å². The van der Waals surface area contributed by atoms with Crippen LogP contribution in [0.15, 0.2) is 66.7 Å². The summed E-state index contributed by atoms with van der Waals surface area (Å²) in [5.74, 6) is 0.0345. The fourth-order valence-corrected chi connectivity index (χ4v) is 5.74. The van der Waals surface area contributed by atoms with Crippen molar-refractivity contribution in [3.05, 3.63) is 83.7 Å². The molecule has 5 rings (SSSR count). The average Bonchev–Trinajstić information content (AvgIpc) is 3.09. The summed E-state index contributed by atoms with van der Waals surface area (Å²) in [5, 5.41) is 5.63. The topological polar surface area (TPSA) is 52.7 Å². The zero-order valence-electron chi connectivity index (χ0n) is 20.7. The van der Waals surface area contributed by atoms with Gasteiger partial charge >= 0.3 is 0 Å². The number of fused-ring (bicyclic) bond motifs is 1. The number of nitrogens with one attached hydrogen (secondary N) is 1. The zero-order chi connectivity index (χ0) is 25.0. The van der Waals surface area contributed by atoms with Gasteiger partial charge in [-0.25, -0.2) is 4.39 Å². The first kappa shape index (κ1) is 24.4. The van der Waals surface area contributed by atoms with Gasteiger partial charge in [0.05, 0.1) is 0 Å². The van der Waals surface area contributed by atoms with Gasteiger partial charge in [-0.15, -0.1) is 0 Å². The van der Waals surface area contributed by atoms with Gasteiger partial charge < -0.3 is 10.2 Å². The smallest absolute Gasteiger partial charge is 0.222 e. The molecule has 2 aliphatic heterocycles. The molecule has 2 amide bonds. The van der Waals surface area contributed by atoms with Crippen LogP contribution in [0, 0.1) is 5.82 Å². The Labute approximate surface area is 212 Å². The van der Waals surface area contributed by atoms with E-state index < -0.39 is 0 Å². The zero-order valence-corrected chi connectivity index (χ0v) is 20.7. The van der Waals surface area contributed by atoms with E-state index in [9.17, 15) is 14.0 Å². The van der Waals surface area contributed by atoms with Gasteiger partial charge in [-0.05, 0) is 48.1 Å². The summed E-state index contributed by atoms with van der Waals surface area (Å²) in [6.07, 6.45) is 3.91. The van der Waals surface area contributed by atoms with E-state index in [2.05, 4.69) is 40.5 Å². The molecule has 2 fully saturated rings. The van der Waals surface area contributed by atoms with Gasteiger partial charge in [-0.3, -0.25) is 14.5 Å². The lowest BCUT2D eigenvalue weighted by Crippen LogP contribution is -2.45. The molecule has 0 saturated carbocycles. The molecule has 3 aromatic carbocycles. The minimum atomic E-state index is -0.389. The van der Waals surface area contributed by atoms with Crippen molar-refractivity contribution in [2.24, 2.45) is 0 Å². The molecule has 2 aliphatic rings. The monoisotopic (exact) mass is 487 g/mol. The molecule has 0 radical (unpaired) electrons. The molecule has 1 N–H and O–H groups in total. The number of halogens is 1. The maximum atomic E-state index is 14.1. The van der Waals surface area contributed by atoms with Crippen LogP contribution in [0.3, 0.4) is 0 Å². The van der Waals surface area contributed by atoms with E-state index in [1.54, 1.807) is 6.07 Å². The molecule has 188 valence electrons. The lowest BCUT2D eigenvalue weighted by Gasteiger charge is -2.31. The van der Waals surface area contributed by atoms with Crippen LogP contribution in [-0.4, -0.2) is 53.3 Å². The number of hydrogen-bond donors (Lipinski definition) is 1. The first-order valence-electron chi connectivity index (χ1n) is 13.0. The standard InChI is InChI=1S/C30H34FN3O2/c31-27-12-4-2-8-25(27)22-33-17-6-18-34(20-19-33)29(36)14-16-30(15-13-28(35)32-30)21-24-10-5-9-23-7-1-3-11-26(23)24/h1-5,7-12H,6,13-22H2,(H,32,35)/t30-/m1/s1. The largest absolute Gasteiger partial charge is 0.350 e. The number of nitrogens with zero attached hydrogens (tertiary/aromatic N) is 2. The quantitative estimate of drug-likeness (QED) is 0.526. The predicted octanol–water partition coefficient (Wildman–Crippen LogP) is 4.68. The highest BCUT2D eigenvalue weighted by Gasteiger charge is 2.38. The molecule has 6 heteroatoms. The minimum Gasteiger partial charge on any atom is -0.350 e. The van der Waals surface area contributed by atoms with Crippen LogP contribution in [0.5, 0.6) is 0 Å². The predicted molar refractivity (Wildman–Crippen MR) is 140 cm³/mol. The van der Waals surface area contributed by atoms with Crippen molar-refractivity contribution in [1.29, 1.82) is 0 Å². The van der Waals surface area contributed by atoms with E-state index in [1.807, 2.05) is 29.2 Å². The lowest BCUT2D eigenvalue weighted by atomic mass is 9.83. The van der Waals surface area contributed by atoms with E-state index in [-0.39, 0.29) is 23.2 Å². The summed E-state index contributed by atoms with van der Waals surface area (Å²) >= 11 is 0. The summed E-state index contributed by atoms with van der Waals surface area (Å²) in [6.45, 7) is 3.51. The summed E-state index contributed by atoms with van der Waals surface area (Å²) in [6, 6.07) is 21.5. The maximum absolute atomic E-state index is 14.1. The maximum Gasteiger partial charge on any atom is 0.222 e. The fraction of sp³-hybridized carbons (Fsp3) is 0.400. The summed E-state index contributed by atoms with van der Waals surface area (Å²) in [5.41, 5.74) is 1.52. The summed E-state index contributed by atoms with van der Waals surface area (Å²) < 4.78 is 14.1. The molecule has 2 heterocycles. The first-order valence-corrected chi connectivity index (χ1v) is 13.0. The highest BCUT2D eigenvalue weighted by Crippen LogP contribution is 2.32. The molecule has 0 aromatic heterocycles. The van der Waals surface area contributed by atoms with E-state index in [0.717, 1.165) is 38.9 Å². The van der Waals surface area contributed by atoms with Crippen LogP contribution in [0.4, 0.5) is 4.39 Å². The Balaban J connectivity index is 1.22. The number of carbonyl (C=O) groups is 2. The van der Waals surface area contributed by atoms with Gasteiger partial charge in [-0.1, -0.05) is 60.7 Å². The van der Waals surface area contributed by atoms with Crippen LogP contribution < -0.4 is 5.32 Å². The summed E-state index contributed by atoms with van der Waals surface area (Å²) in [7, 11) is 0. The van der Waals surface area contributed by atoms with E-state index >= 15 is 0 Å². The summed E-state index contributed by atoms with van der Waals surface area (Å²) in [4.78, 5) is 29.7. The van der Waals surface area contributed by atoms with Crippen LogP contribution in [0.1, 0.15) is 43.2 Å². The number of carbonyl (C=O) groups excluding carboxylic acids is 2. The van der Waals surface area contributed by atoms with Crippen molar-refractivity contribution >= 4 is 22.6 Å². The van der Waals surface area contributed by atoms with Gasteiger partial charge in [0.2, 0.25) is 11.8 Å². The van der Waals surface area contributed by atoms with Crippen molar-refractivity contribution < 1.29 is 14.0 Å². The van der Waals surface area contributed by atoms with Crippen LogP contribution >= 0.6 is 0 Å². The Morgan fingerprint density at radius 1 is 0.917 bits per heavy atom. The van der Waals surface area contributed by atoms with Gasteiger partial charge in [0.15, 0.2) is 0 Å². The van der Waals surface area contributed by atoms with E-state index in [4.69, 9.17) is 0 Å². The molecule has 3 aromatic rings. The van der Waals surface area contributed by atoms with Gasteiger partial charge in [0.25, 0.3) is 0 Å². The first-order chi connectivity index (χ1) is 17.5. The van der Waals surface area contributed by atoms with Crippen molar-refractivity contribution in [3.8, 4) is 0 Å². The second kappa shape index (κ2) is 10.8. The Kier molecular flexibility index (Phi) is 7.33. The van der Waals surface area contributed by atoms with Crippen LogP contribution in [0.25, 0.3) is 10.8 Å². The third-order valence-electron chi connectivity index (χ3n) is 7.75. The molecular formula is C30H34FN3O2. The van der Waals surface area contributed by atoms with Crippen LogP contribution in [-0.2, 0) is 22.6 Å². The van der Waals surface area contributed by atoms with Crippen molar-refractivity contribution in [2.75, 3.05) is 26.2 Å². The number of rotatable bonds is 7. The third-order valence-corrected chi connectivity index (χ3v) is 7.75. The molecule has 0 bridgehead atoms. The molecular weight excluding hydrogens is 453 g/mol. The van der Waals surface area contributed by atoms with Crippen molar-refractivity contribution in [2.45, 2.75) is 50.6 Å². The van der Waals surface area contributed by atoms with Crippen molar-refractivity contribution in [3.63, 3.8) is 0 Å². The molecule has 5 nitrogen and oxygen atoms in total. The van der Waals surface area contributed by atoms with E-state index in [1.165, 1.54) is 22.4 Å². The number of hydrogen-bond acceptors (Lipinski definition) is 3. The third kappa shape index (κ3) is 5.59. The molecule has 0 aliphatic carbocycles. The second-order valence-corrected chi connectivity index (χ2v) is 10.2. The minimum absolute atomic E-state index is 0.0706. The molecule has 0 unspecified atom stereocenters. The highest BCUT2D eigenvalue weighted by atomic mass is 19.1. The molecule has 36 heavy (non-hydrogen) atoms. The Bertz CT molecular complexity index is 1240. The number of amides is 2. The molecule has 0 spiro atoms. The fourth-order valence-electron chi connectivity index (χ4n) is 5.74. The normalized spacial score (nSPS) is 20.9. The van der Waals surface area contributed by atoms with Gasteiger partial charge in [0.1, 0.15) is 5.82 Å². The van der Waals surface area contributed by atoms with Crippen molar-refractivity contribution in [1.82, 2.24) is 15.1 Å². The highest BCUT2D eigenvalue weighted by molar-refractivity contribution is 5.86. The van der Waals surface area contributed by atoms with Crippen LogP contribution in [0.2, 0.25) is 0 Å². The second-order valence-electron chi connectivity index (χ2n) is 10.2. The molecule has 1 atom stereocenters. The number of benzene rings is 3. The lowest BCUT2D eigenvalue weighted by molar-refractivity contribution is -0.131. The Morgan fingerprint density at radius 2 is 1.69 bits per heavy atom. The van der Waals surface area contributed by atoms with Gasteiger partial charge in [0, 0.05) is 56.7 Å². The molecule has 2 saturated heterocycles.